The first-order valence-electron chi connectivity index (χ1n) is 8.70. The number of nitrogens with zero attached hydrogens (tertiary/aromatic N) is 2. The number of hydrogen-bond acceptors (Lipinski definition) is 6. The summed E-state index contributed by atoms with van der Waals surface area (Å²) in [5.41, 5.74) is 1.37. The van der Waals surface area contributed by atoms with Crippen LogP contribution in [-0.4, -0.2) is 62.3 Å². The number of anilines is 2. The maximum Gasteiger partial charge on any atom is 0.251 e. The van der Waals surface area contributed by atoms with Gasteiger partial charge in [-0.05, 0) is 24.3 Å². The molecule has 0 unspecified atom stereocenters. The molecule has 0 aliphatic carbocycles. The van der Waals surface area contributed by atoms with E-state index in [4.69, 9.17) is 9.47 Å². The van der Waals surface area contributed by atoms with Gasteiger partial charge in [0.05, 0.1) is 26.0 Å². The summed E-state index contributed by atoms with van der Waals surface area (Å²) in [4.78, 5) is 18.9. The summed E-state index contributed by atoms with van der Waals surface area (Å²) < 4.78 is 10.6. The van der Waals surface area contributed by atoms with Gasteiger partial charge in [-0.3, -0.25) is 9.69 Å². The SMILES string of the molecule is COc1ccccc1Nc1cc(C(=O)NCCN2CCOCC2)ccn1. The topological polar surface area (TPSA) is 75.7 Å². The Hall–Kier alpha value is -2.64. The number of carbonyl (C=O) groups excluding carboxylic acids is 1. The quantitative estimate of drug-likeness (QED) is 0.789. The molecule has 0 spiro atoms. The molecule has 3 rings (SSSR count). The number of rotatable bonds is 7. The summed E-state index contributed by atoms with van der Waals surface area (Å²) >= 11 is 0. The van der Waals surface area contributed by atoms with Gasteiger partial charge < -0.3 is 20.1 Å². The third-order valence-corrected chi connectivity index (χ3v) is 4.21. The van der Waals surface area contributed by atoms with Crippen LogP contribution in [0.2, 0.25) is 0 Å². The number of ether oxygens (including phenoxy) is 2. The van der Waals surface area contributed by atoms with Crippen molar-refractivity contribution in [1.29, 1.82) is 0 Å². The molecule has 7 heteroatoms. The van der Waals surface area contributed by atoms with Crippen molar-refractivity contribution in [3.63, 3.8) is 0 Å². The molecular formula is C19H24N4O3. The number of amides is 1. The van der Waals surface area contributed by atoms with Crippen LogP contribution in [0.4, 0.5) is 11.5 Å². The largest absolute Gasteiger partial charge is 0.495 e. The van der Waals surface area contributed by atoms with E-state index in [0.29, 0.717) is 17.9 Å². The first-order valence-corrected chi connectivity index (χ1v) is 8.70. The maximum absolute atomic E-state index is 12.4. The zero-order valence-electron chi connectivity index (χ0n) is 14.9. The van der Waals surface area contributed by atoms with Crippen molar-refractivity contribution in [3.8, 4) is 5.75 Å². The fourth-order valence-electron chi connectivity index (χ4n) is 2.78. The minimum Gasteiger partial charge on any atom is -0.495 e. The van der Waals surface area contributed by atoms with Crippen molar-refractivity contribution in [1.82, 2.24) is 15.2 Å². The summed E-state index contributed by atoms with van der Waals surface area (Å²) in [5.74, 6) is 1.20. The van der Waals surface area contributed by atoms with Crippen LogP contribution in [0.5, 0.6) is 5.75 Å². The Balaban J connectivity index is 1.56. The predicted octanol–water partition coefficient (Wildman–Crippen LogP) is 1.90. The second-order valence-electron chi connectivity index (χ2n) is 5.96. The molecular weight excluding hydrogens is 332 g/mol. The lowest BCUT2D eigenvalue weighted by Gasteiger charge is -2.26. The molecule has 0 radical (unpaired) electrons. The molecule has 0 atom stereocenters. The Labute approximate surface area is 153 Å². The van der Waals surface area contributed by atoms with Gasteiger partial charge in [-0.1, -0.05) is 12.1 Å². The number of carbonyl (C=O) groups is 1. The molecule has 1 fully saturated rings. The molecule has 26 heavy (non-hydrogen) atoms. The van der Waals surface area contributed by atoms with E-state index in [0.717, 1.165) is 44.3 Å². The highest BCUT2D eigenvalue weighted by atomic mass is 16.5. The number of benzene rings is 1. The summed E-state index contributed by atoms with van der Waals surface area (Å²) in [5, 5.41) is 6.15. The molecule has 7 nitrogen and oxygen atoms in total. The van der Waals surface area contributed by atoms with Gasteiger partial charge >= 0.3 is 0 Å². The highest BCUT2D eigenvalue weighted by molar-refractivity contribution is 5.94. The fourth-order valence-corrected chi connectivity index (χ4v) is 2.78. The highest BCUT2D eigenvalue weighted by Crippen LogP contribution is 2.26. The van der Waals surface area contributed by atoms with Crippen LogP contribution in [-0.2, 0) is 4.74 Å². The lowest BCUT2D eigenvalue weighted by molar-refractivity contribution is 0.0383. The lowest BCUT2D eigenvalue weighted by atomic mass is 10.2. The van der Waals surface area contributed by atoms with Gasteiger partial charge in [0.1, 0.15) is 11.6 Å². The third kappa shape index (κ3) is 4.93. The van der Waals surface area contributed by atoms with E-state index in [1.54, 1.807) is 25.4 Å². The zero-order chi connectivity index (χ0) is 18.2. The van der Waals surface area contributed by atoms with Crippen molar-refractivity contribution in [2.45, 2.75) is 0 Å². The van der Waals surface area contributed by atoms with E-state index in [2.05, 4.69) is 20.5 Å². The standard InChI is InChI=1S/C19H24N4O3/c1-25-17-5-3-2-4-16(17)22-18-14-15(6-7-20-18)19(24)21-8-9-23-10-12-26-13-11-23/h2-7,14H,8-13H2,1H3,(H,20,22)(H,21,24). The van der Waals surface area contributed by atoms with Gasteiger partial charge in [-0.25, -0.2) is 4.98 Å². The van der Waals surface area contributed by atoms with Crippen LogP contribution in [0.3, 0.4) is 0 Å². The first kappa shape index (κ1) is 18.2. The minimum atomic E-state index is -0.108. The van der Waals surface area contributed by atoms with Gasteiger partial charge in [-0.15, -0.1) is 0 Å². The number of nitrogens with one attached hydrogen (secondary N) is 2. The Morgan fingerprint density at radius 3 is 2.88 bits per heavy atom. The molecule has 0 bridgehead atoms. The van der Waals surface area contributed by atoms with E-state index in [-0.39, 0.29) is 5.91 Å². The van der Waals surface area contributed by atoms with Crippen molar-refractivity contribution in [3.05, 3.63) is 48.2 Å². The van der Waals surface area contributed by atoms with Gasteiger partial charge in [0, 0.05) is 37.9 Å². The molecule has 1 saturated heterocycles. The lowest BCUT2D eigenvalue weighted by Crippen LogP contribution is -2.41. The molecule has 0 saturated carbocycles. The third-order valence-electron chi connectivity index (χ3n) is 4.21. The summed E-state index contributed by atoms with van der Waals surface area (Å²) in [6.07, 6.45) is 1.62. The van der Waals surface area contributed by atoms with Crippen molar-refractivity contribution < 1.29 is 14.3 Å². The Kier molecular flexibility index (Phi) is 6.40. The van der Waals surface area contributed by atoms with Crippen LogP contribution < -0.4 is 15.4 Å². The first-order chi connectivity index (χ1) is 12.8. The fraction of sp³-hybridized carbons (Fsp3) is 0.368. The van der Waals surface area contributed by atoms with E-state index < -0.39 is 0 Å². The average molecular weight is 356 g/mol. The average Bonchev–Trinajstić information content (AvgIpc) is 2.69. The molecule has 2 heterocycles. The molecule has 1 aromatic heterocycles. The second kappa shape index (κ2) is 9.17. The van der Waals surface area contributed by atoms with E-state index >= 15 is 0 Å². The normalized spacial score (nSPS) is 14.7. The van der Waals surface area contributed by atoms with E-state index in [9.17, 15) is 4.79 Å². The number of pyridine rings is 1. The smallest absolute Gasteiger partial charge is 0.251 e. The van der Waals surface area contributed by atoms with Crippen LogP contribution in [0.15, 0.2) is 42.6 Å². The predicted molar refractivity (Wildman–Crippen MR) is 100 cm³/mol. The number of para-hydroxylation sites is 2. The number of aromatic nitrogens is 1. The number of hydrogen-bond donors (Lipinski definition) is 2. The van der Waals surface area contributed by atoms with Gasteiger partial charge in [-0.2, -0.15) is 0 Å². The van der Waals surface area contributed by atoms with Crippen LogP contribution in [0.25, 0.3) is 0 Å². The summed E-state index contributed by atoms with van der Waals surface area (Å²) in [7, 11) is 1.62. The summed E-state index contributed by atoms with van der Waals surface area (Å²) in [6, 6.07) is 11.0. The van der Waals surface area contributed by atoms with Crippen molar-refractivity contribution >= 4 is 17.4 Å². The summed E-state index contributed by atoms with van der Waals surface area (Å²) in [6.45, 7) is 4.78. The van der Waals surface area contributed by atoms with Gasteiger partial charge in [0.15, 0.2) is 0 Å². The van der Waals surface area contributed by atoms with Gasteiger partial charge in [0.2, 0.25) is 0 Å². The Morgan fingerprint density at radius 1 is 1.27 bits per heavy atom. The Bertz CT molecular complexity index is 732. The maximum atomic E-state index is 12.4. The molecule has 138 valence electrons. The van der Waals surface area contributed by atoms with E-state index in [1.165, 1.54) is 0 Å². The van der Waals surface area contributed by atoms with Crippen molar-refractivity contribution in [2.24, 2.45) is 0 Å². The Morgan fingerprint density at radius 2 is 2.08 bits per heavy atom. The molecule has 2 N–H and O–H groups in total. The minimum absolute atomic E-state index is 0.108. The molecule has 2 aromatic rings. The van der Waals surface area contributed by atoms with Crippen molar-refractivity contribution in [2.75, 3.05) is 51.8 Å². The van der Waals surface area contributed by atoms with E-state index in [1.807, 2.05) is 24.3 Å². The molecule has 1 amide bonds. The molecule has 1 aliphatic heterocycles. The zero-order valence-corrected chi connectivity index (χ0v) is 14.9. The molecule has 1 aromatic carbocycles. The van der Waals surface area contributed by atoms with Crippen LogP contribution in [0, 0.1) is 0 Å². The number of morpholine rings is 1. The molecule has 1 aliphatic rings. The van der Waals surface area contributed by atoms with Gasteiger partial charge in [0.25, 0.3) is 5.91 Å². The van der Waals surface area contributed by atoms with Crippen LogP contribution in [0.1, 0.15) is 10.4 Å². The monoisotopic (exact) mass is 356 g/mol. The number of methoxy groups -OCH3 is 1. The van der Waals surface area contributed by atoms with Crippen LogP contribution >= 0.6 is 0 Å². The highest BCUT2D eigenvalue weighted by Gasteiger charge is 2.12. The second-order valence-corrected chi connectivity index (χ2v) is 5.96.